The van der Waals surface area contributed by atoms with E-state index in [0.717, 1.165) is 83.2 Å². The van der Waals surface area contributed by atoms with Crippen molar-refractivity contribution in [3.63, 3.8) is 0 Å². The van der Waals surface area contributed by atoms with Gasteiger partial charge in [-0.15, -0.1) is 11.3 Å². The standard InChI is InChI=1S/C56H36N4S/c1-5-18-37(19-6-1)41-26-15-29-44(34-41)54-58-55(45-30-16-27-42(35-45)38-20-7-2-8-21-38)60-56(59-54)46-31-17-28-43(36-46)49-50-51(39-22-9-3-10-23-39)57-48-33-14-13-32-47(48)53(50)61-52(49)40-24-11-4-12-25-40/h1-36H. The Morgan fingerprint density at radius 3 is 1.21 bits per heavy atom. The minimum absolute atomic E-state index is 0.602. The molecule has 11 rings (SSSR count). The number of pyridine rings is 1. The van der Waals surface area contributed by atoms with E-state index in [1.54, 1.807) is 0 Å². The lowest BCUT2D eigenvalue weighted by Gasteiger charge is -2.13. The van der Waals surface area contributed by atoms with Crippen molar-refractivity contribution in [3.8, 4) is 89.2 Å². The smallest absolute Gasteiger partial charge is 0.164 e. The molecule has 0 saturated carbocycles. The summed E-state index contributed by atoms with van der Waals surface area (Å²) in [5.74, 6) is 1.83. The number of benzene rings is 8. The van der Waals surface area contributed by atoms with Crippen LogP contribution in [0.2, 0.25) is 0 Å². The molecule has 0 aliphatic heterocycles. The molecular weight excluding hydrogens is 761 g/mol. The van der Waals surface area contributed by atoms with E-state index in [1.807, 2.05) is 23.5 Å². The molecule has 0 bridgehead atoms. The molecule has 286 valence electrons. The molecule has 4 nitrogen and oxygen atoms in total. The Hall–Kier alpha value is -7.86. The summed E-state index contributed by atoms with van der Waals surface area (Å²) in [5.41, 5.74) is 13.6. The van der Waals surface area contributed by atoms with E-state index in [4.69, 9.17) is 19.9 Å². The lowest BCUT2D eigenvalue weighted by molar-refractivity contribution is 1.07. The molecule has 11 aromatic rings. The van der Waals surface area contributed by atoms with Crippen LogP contribution in [0, 0.1) is 0 Å². The molecule has 8 aromatic carbocycles. The van der Waals surface area contributed by atoms with E-state index in [-0.39, 0.29) is 0 Å². The molecule has 3 heterocycles. The Morgan fingerprint density at radius 1 is 0.295 bits per heavy atom. The fourth-order valence-electron chi connectivity index (χ4n) is 8.17. The van der Waals surface area contributed by atoms with Gasteiger partial charge in [-0.25, -0.2) is 19.9 Å². The zero-order chi connectivity index (χ0) is 40.5. The zero-order valence-electron chi connectivity index (χ0n) is 33.0. The molecule has 0 fully saturated rings. The second kappa shape index (κ2) is 15.7. The Kier molecular flexibility index (Phi) is 9.34. The van der Waals surface area contributed by atoms with Crippen molar-refractivity contribution in [2.24, 2.45) is 0 Å². The first-order valence-electron chi connectivity index (χ1n) is 20.4. The van der Waals surface area contributed by atoms with Crippen molar-refractivity contribution in [1.29, 1.82) is 0 Å². The van der Waals surface area contributed by atoms with E-state index in [9.17, 15) is 0 Å². The predicted molar refractivity (Wildman–Crippen MR) is 254 cm³/mol. The third-order valence-electron chi connectivity index (χ3n) is 11.1. The van der Waals surface area contributed by atoms with Gasteiger partial charge in [0, 0.05) is 48.2 Å². The van der Waals surface area contributed by atoms with Crippen molar-refractivity contribution in [1.82, 2.24) is 19.9 Å². The summed E-state index contributed by atoms with van der Waals surface area (Å²) in [4.78, 5) is 22.2. The third-order valence-corrected chi connectivity index (χ3v) is 12.4. The number of fused-ring (bicyclic) bond motifs is 3. The molecule has 0 unspecified atom stereocenters. The van der Waals surface area contributed by atoms with Crippen molar-refractivity contribution in [2.75, 3.05) is 0 Å². The highest BCUT2D eigenvalue weighted by Gasteiger charge is 2.23. The molecule has 5 heteroatoms. The zero-order valence-corrected chi connectivity index (χ0v) is 33.8. The van der Waals surface area contributed by atoms with Crippen LogP contribution in [-0.2, 0) is 0 Å². The van der Waals surface area contributed by atoms with Gasteiger partial charge in [0.1, 0.15) is 0 Å². The summed E-state index contributed by atoms with van der Waals surface area (Å²) in [5, 5.41) is 2.28. The van der Waals surface area contributed by atoms with Gasteiger partial charge in [0.05, 0.1) is 11.2 Å². The number of para-hydroxylation sites is 1. The Labute approximate surface area is 358 Å². The average Bonchev–Trinajstić information content (AvgIpc) is 3.76. The summed E-state index contributed by atoms with van der Waals surface area (Å²) in [6.45, 7) is 0. The number of hydrogen-bond donors (Lipinski definition) is 0. The Balaban J connectivity index is 1.14. The highest BCUT2D eigenvalue weighted by Crippen LogP contribution is 2.50. The quantitative estimate of drug-likeness (QED) is 0.154. The SMILES string of the molecule is c1ccc(-c2cccc(-c3nc(-c4cccc(-c5ccccc5)c4)nc(-c4cccc(-c5c(-c6ccccc6)sc6c5c(-c5ccccc5)nc5ccccc56)c4)n3)c2)cc1. The minimum Gasteiger partial charge on any atom is -0.247 e. The fraction of sp³-hybridized carbons (Fsp3) is 0. The van der Waals surface area contributed by atoms with Gasteiger partial charge in [-0.1, -0.05) is 194 Å². The lowest BCUT2D eigenvalue weighted by Crippen LogP contribution is -2.00. The van der Waals surface area contributed by atoms with Gasteiger partial charge >= 0.3 is 0 Å². The van der Waals surface area contributed by atoms with Crippen LogP contribution in [-0.4, -0.2) is 19.9 Å². The maximum absolute atomic E-state index is 5.37. The normalized spacial score (nSPS) is 11.3. The van der Waals surface area contributed by atoms with Crippen LogP contribution in [0.4, 0.5) is 0 Å². The van der Waals surface area contributed by atoms with Crippen molar-refractivity contribution in [2.45, 2.75) is 0 Å². The van der Waals surface area contributed by atoms with E-state index >= 15 is 0 Å². The summed E-state index contributed by atoms with van der Waals surface area (Å²) >= 11 is 1.83. The molecule has 0 N–H and O–H groups in total. The number of nitrogens with zero attached hydrogens (tertiary/aromatic N) is 4. The van der Waals surface area contributed by atoms with Crippen LogP contribution in [0.3, 0.4) is 0 Å². The molecule has 0 aliphatic carbocycles. The summed E-state index contributed by atoms with van der Waals surface area (Å²) in [6, 6.07) is 76.2. The molecule has 0 radical (unpaired) electrons. The number of hydrogen-bond acceptors (Lipinski definition) is 5. The van der Waals surface area contributed by atoms with Gasteiger partial charge < -0.3 is 0 Å². The maximum Gasteiger partial charge on any atom is 0.164 e. The van der Waals surface area contributed by atoms with Crippen molar-refractivity contribution < 1.29 is 0 Å². The first-order chi connectivity index (χ1) is 30.2. The molecule has 0 atom stereocenters. The number of thiophene rings is 1. The summed E-state index contributed by atoms with van der Waals surface area (Å²) < 4.78 is 1.21. The van der Waals surface area contributed by atoms with E-state index < -0.39 is 0 Å². The minimum atomic E-state index is 0.602. The van der Waals surface area contributed by atoms with Gasteiger partial charge in [-0.05, 0) is 57.6 Å². The molecule has 0 aliphatic rings. The number of rotatable bonds is 8. The lowest BCUT2D eigenvalue weighted by atomic mass is 9.94. The van der Waals surface area contributed by atoms with Crippen LogP contribution < -0.4 is 0 Å². The van der Waals surface area contributed by atoms with E-state index in [1.165, 1.54) is 9.58 Å². The van der Waals surface area contributed by atoms with Gasteiger partial charge in [0.15, 0.2) is 17.5 Å². The maximum atomic E-state index is 5.37. The topological polar surface area (TPSA) is 51.6 Å². The number of aromatic nitrogens is 4. The predicted octanol–water partition coefficient (Wildman–Crippen LogP) is 15.0. The molecule has 3 aromatic heterocycles. The van der Waals surface area contributed by atoms with Crippen LogP contribution in [0.5, 0.6) is 0 Å². The van der Waals surface area contributed by atoms with Crippen LogP contribution in [0.1, 0.15) is 0 Å². The second-order valence-electron chi connectivity index (χ2n) is 15.0. The van der Waals surface area contributed by atoms with Gasteiger partial charge in [-0.2, -0.15) is 0 Å². The van der Waals surface area contributed by atoms with Crippen molar-refractivity contribution in [3.05, 3.63) is 218 Å². The molecule has 0 amide bonds. The first kappa shape index (κ1) is 36.2. The highest BCUT2D eigenvalue weighted by atomic mass is 32.1. The summed E-state index contributed by atoms with van der Waals surface area (Å²) in [6.07, 6.45) is 0. The Bertz CT molecular complexity index is 3240. The van der Waals surface area contributed by atoms with Crippen molar-refractivity contribution >= 4 is 32.3 Å². The Morgan fingerprint density at radius 2 is 0.689 bits per heavy atom. The monoisotopic (exact) mass is 796 g/mol. The fourth-order valence-corrected chi connectivity index (χ4v) is 9.54. The largest absolute Gasteiger partial charge is 0.247 e. The van der Waals surface area contributed by atoms with E-state index in [0.29, 0.717) is 17.5 Å². The van der Waals surface area contributed by atoms with Gasteiger partial charge in [0.2, 0.25) is 0 Å². The van der Waals surface area contributed by atoms with Crippen LogP contribution in [0.15, 0.2) is 218 Å². The van der Waals surface area contributed by atoms with Gasteiger partial charge in [-0.3, -0.25) is 0 Å². The average molecular weight is 797 g/mol. The first-order valence-corrected chi connectivity index (χ1v) is 21.2. The van der Waals surface area contributed by atoms with Crippen LogP contribution >= 0.6 is 11.3 Å². The molecule has 0 spiro atoms. The molecule has 61 heavy (non-hydrogen) atoms. The highest BCUT2D eigenvalue weighted by molar-refractivity contribution is 7.24. The summed E-state index contributed by atoms with van der Waals surface area (Å²) in [7, 11) is 0. The molecular formula is C56H36N4S. The molecule has 0 saturated heterocycles. The second-order valence-corrected chi connectivity index (χ2v) is 16.0. The van der Waals surface area contributed by atoms with Crippen LogP contribution in [0.25, 0.3) is 110 Å². The third kappa shape index (κ3) is 6.97. The van der Waals surface area contributed by atoms with E-state index in [2.05, 4.69) is 206 Å². The van der Waals surface area contributed by atoms with Gasteiger partial charge in [0.25, 0.3) is 0 Å².